The first-order chi connectivity index (χ1) is 15.1. The standard InChI is InChI=1S/C23H22N4O4/c1-26-23(29)22-17(13-25-26)16-5-2-3-6-18(16)27(22)10-4-7-21(28)24-12-15-8-9-19-20(11-15)31-14-30-19/h2-3,5-6,8-9,11,13H,4,7,10,12,14H2,1H3,(H,24,28). The van der Waals surface area contributed by atoms with Gasteiger partial charge in [-0.2, -0.15) is 5.10 Å². The van der Waals surface area contributed by atoms with Crippen LogP contribution < -0.4 is 20.3 Å². The van der Waals surface area contributed by atoms with Gasteiger partial charge < -0.3 is 19.4 Å². The quantitative estimate of drug-likeness (QED) is 0.520. The van der Waals surface area contributed by atoms with Crippen molar-refractivity contribution in [2.45, 2.75) is 25.9 Å². The molecule has 158 valence electrons. The highest BCUT2D eigenvalue weighted by Gasteiger charge is 2.16. The van der Waals surface area contributed by atoms with Crippen molar-refractivity contribution in [1.82, 2.24) is 19.7 Å². The van der Waals surface area contributed by atoms with Gasteiger partial charge in [-0.1, -0.05) is 24.3 Å². The first-order valence-corrected chi connectivity index (χ1v) is 10.2. The van der Waals surface area contributed by atoms with Gasteiger partial charge in [-0.15, -0.1) is 0 Å². The van der Waals surface area contributed by atoms with Crippen LogP contribution in [-0.4, -0.2) is 27.0 Å². The van der Waals surface area contributed by atoms with Crippen molar-refractivity contribution < 1.29 is 14.3 Å². The molecular formula is C23H22N4O4. The summed E-state index contributed by atoms with van der Waals surface area (Å²) in [6.07, 6.45) is 2.71. The number of amides is 1. The van der Waals surface area contributed by atoms with E-state index in [1.54, 1.807) is 13.2 Å². The van der Waals surface area contributed by atoms with Crippen LogP contribution in [0.3, 0.4) is 0 Å². The molecule has 1 aliphatic heterocycles. The monoisotopic (exact) mass is 418 g/mol. The van der Waals surface area contributed by atoms with Crippen LogP contribution in [0.4, 0.5) is 0 Å². The third kappa shape index (κ3) is 3.50. The number of carbonyl (C=O) groups excluding carboxylic acids is 1. The molecule has 2 aromatic heterocycles. The van der Waals surface area contributed by atoms with Gasteiger partial charge in [0.05, 0.1) is 6.20 Å². The minimum Gasteiger partial charge on any atom is -0.454 e. The van der Waals surface area contributed by atoms with Gasteiger partial charge in [-0.25, -0.2) is 4.68 Å². The van der Waals surface area contributed by atoms with E-state index in [2.05, 4.69) is 10.4 Å². The molecule has 0 fully saturated rings. The van der Waals surface area contributed by atoms with Crippen molar-refractivity contribution in [3.63, 3.8) is 0 Å². The van der Waals surface area contributed by atoms with E-state index >= 15 is 0 Å². The summed E-state index contributed by atoms with van der Waals surface area (Å²) < 4.78 is 14.0. The lowest BCUT2D eigenvalue weighted by Gasteiger charge is -2.09. The van der Waals surface area contributed by atoms with E-state index in [0.717, 1.165) is 27.6 Å². The lowest BCUT2D eigenvalue weighted by Crippen LogP contribution is -2.23. The van der Waals surface area contributed by atoms with Gasteiger partial charge in [0.25, 0.3) is 5.56 Å². The lowest BCUT2D eigenvalue weighted by molar-refractivity contribution is -0.121. The van der Waals surface area contributed by atoms with E-state index in [1.807, 2.05) is 47.0 Å². The van der Waals surface area contributed by atoms with E-state index in [-0.39, 0.29) is 18.3 Å². The zero-order valence-corrected chi connectivity index (χ0v) is 17.1. The predicted molar refractivity (Wildman–Crippen MR) is 116 cm³/mol. The van der Waals surface area contributed by atoms with Gasteiger partial charge in [0.15, 0.2) is 11.5 Å². The summed E-state index contributed by atoms with van der Waals surface area (Å²) >= 11 is 0. The molecule has 4 aromatic rings. The highest BCUT2D eigenvalue weighted by Crippen LogP contribution is 2.32. The fraction of sp³-hybridized carbons (Fsp3) is 0.261. The molecule has 8 nitrogen and oxygen atoms in total. The smallest absolute Gasteiger partial charge is 0.291 e. The van der Waals surface area contributed by atoms with Crippen LogP contribution in [0.5, 0.6) is 11.5 Å². The summed E-state index contributed by atoms with van der Waals surface area (Å²) in [4.78, 5) is 25.1. The van der Waals surface area contributed by atoms with E-state index in [0.29, 0.717) is 37.2 Å². The van der Waals surface area contributed by atoms with Crippen LogP contribution in [0.2, 0.25) is 0 Å². The fourth-order valence-corrected chi connectivity index (χ4v) is 4.01. The van der Waals surface area contributed by atoms with Crippen LogP contribution in [0.25, 0.3) is 21.8 Å². The Kier molecular flexibility index (Phi) is 4.82. The Balaban J connectivity index is 1.27. The molecule has 0 unspecified atom stereocenters. The fourth-order valence-electron chi connectivity index (χ4n) is 4.01. The third-order valence-corrected chi connectivity index (χ3v) is 5.58. The summed E-state index contributed by atoms with van der Waals surface area (Å²) in [5.74, 6) is 1.39. The van der Waals surface area contributed by atoms with Crippen LogP contribution in [0.15, 0.2) is 53.5 Å². The average molecular weight is 418 g/mol. The third-order valence-electron chi connectivity index (χ3n) is 5.58. The molecule has 0 radical (unpaired) electrons. The molecule has 0 saturated carbocycles. The van der Waals surface area contributed by atoms with Crippen LogP contribution in [0, 0.1) is 0 Å². The second kappa shape index (κ2) is 7.79. The second-order valence-electron chi connectivity index (χ2n) is 7.57. The number of hydrogen-bond donors (Lipinski definition) is 1. The zero-order valence-electron chi connectivity index (χ0n) is 17.1. The molecule has 0 atom stereocenters. The molecule has 1 amide bonds. The first kappa shape index (κ1) is 19.2. The Labute approximate surface area is 178 Å². The number of hydrogen-bond acceptors (Lipinski definition) is 5. The maximum absolute atomic E-state index is 12.7. The largest absolute Gasteiger partial charge is 0.454 e. The van der Waals surface area contributed by atoms with Crippen LogP contribution >= 0.6 is 0 Å². The summed E-state index contributed by atoms with van der Waals surface area (Å²) in [6.45, 7) is 1.23. The predicted octanol–water partition coefficient (Wildman–Crippen LogP) is 2.71. The maximum atomic E-state index is 12.7. The van der Waals surface area contributed by atoms with Crippen LogP contribution in [-0.2, 0) is 24.9 Å². The van der Waals surface area contributed by atoms with Crippen molar-refractivity contribution in [2.75, 3.05) is 6.79 Å². The SMILES string of the molecule is Cn1ncc2c3ccccc3n(CCCC(=O)NCc3ccc4c(c3)OCO4)c2c1=O. The number of fused-ring (bicyclic) bond motifs is 4. The van der Waals surface area contributed by atoms with Crippen molar-refractivity contribution in [1.29, 1.82) is 0 Å². The Morgan fingerprint density at radius 1 is 1.13 bits per heavy atom. The van der Waals surface area contributed by atoms with Gasteiger partial charge in [-0.3, -0.25) is 9.59 Å². The Hall–Kier alpha value is -3.81. The summed E-state index contributed by atoms with van der Waals surface area (Å²) in [5, 5.41) is 8.94. The topological polar surface area (TPSA) is 87.4 Å². The molecule has 31 heavy (non-hydrogen) atoms. The maximum Gasteiger partial charge on any atom is 0.291 e. The number of carbonyl (C=O) groups is 1. The second-order valence-corrected chi connectivity index (χ2v) is 7.57. The minimum absolute atomic E-state index is 0.0343. The molecule has 1 N–H and O–H groups in total. The van der Waals surface area contributed by atoms with Crippen LogP contribution in [0.1, 0.15) is 18.4 Å². The number of aryl methyl sites for hydroxylation is 2. The molecule has 3 heterocycles. The number of nitrogens with zero attached hydrogens (tertiary/aromatic N) is 3. The van der Waals surface area contributed by atoms with Gasteiger partial charge in [-0.05, 0) is 30.2 Å². The number of para-hydroxylation sites is 1. The molecule has 1 aliphatic rings. The number of nitrogens with one attached hydrogen (secondary N) is 1. The molecule has 0 bridgehead atoms. The number of aromatic nitrogens is 3. The Morgan fingerprint density at radius 3 is 2.87 bits per heavy atom. The summed E-state index contributed by atoms with van der Waals surface area (Å²) in [7, 11) is 1.65. The van der Waals surface area contributed by atoms with Gasteiger partial charge in [0, 0.05) is 42.8 Å². The highest BCUT2D eigenvalue weighted by molar-refractivity contribution is 6.07. The average Bonchev–Trinajstić information content (AvgIpc) is 3.37. The Morgan fingerprint density at radius 2 is 1.97 bits per heavy atom. The van der Waals surface area contributed by atoms with Gasteiger partial charge in [0.1, 0.15) is 5.52 Å². The van der Waals surface area contributed by atoms with E-state index in [4.69, 9.17) is 9.47 Å². The zero-order chi connectivity index (χ0) is 21.4. The molecule has 8 heteroatoms. The number of rotatable bonds is 6. The van der Waals surface area contributed by atoms with Crippen molar-refractivity contribution >= 4 is 27.7 Å². The molecule has 2 aromatic carbocycles. The lowest BCUT2D eigenvalue weighted by atomic mass is 10.2. The van der Waals surface area contributed by atoms with Crippen molar-refractivity contribution in [2.24, 2.45) is 7.05 Å². The number of ether oxygens (including phenoxy) is 2. The van der Waals surface area contributed by atoms with E-state index in [1.165, 1.54) is 4.68 Å². The molecule has 0 saturated heterocycles. The minimum atomic E-state index is -0.138. The number of benzene rings is 2. The van der Waals surface area contributed by atoms with Gasteiger partial charge in [0.2, 0.25) is 12.7 Å². The highest BCUT2D eigenvalue weighted by atomic mass is 16.7. The first-order valence-electron chi connectivity index (χ1n) is 10.2. The van der Waals surface area contributed by atoms with E-state index in [9.17, 15) is 9.59 Å². The van der Waals surface area contributed by atoms with Crippen molar-refractivity contribution in [3.8, 4) is 11.5 Å². The van der Waals surface area contributed by atoms with E-state index < -0.39 is 0 Å². The van der Waals surface area contributed by atoms with Crippen molar-refractivity contribution in [3.05, 3.63) is 64.6 Å². The van der Waals surface area contributed by atoms with Gasteiger partial charge >= 0.3 is 0 Å². The summed E-state index contributed by atoms with van der Waals surface area (Å²) in [5.41, 5.74) is 2.42. The normalized spacial score (nSPS) is 12.5. The molecule has 5 rings (SSSR count). The summed E-state index contributed by atoms with van der Waals surface area (Å²) in [6, 6.07) is 13.5. The Bertz CT molecular complexity index is 1360. The molecule has 0 aliphatic carbocycles. The molecule has 0 spiro atoms. The molecular weight excluding hydrogens is 396 g/mol.